The van der Waals surface area contributed by atoms with Crippen molar-refractivity contribution in [2.75, 3.05) is 0 Å². The molecule has 1 saturated heterocycles. The summed E-state index contributed by atoms with van der Waals surface area (Å²) in [7, 11) is 0. The van der Waals surface area contributed by atoms with E-state index in [1.54, 1.807) is 0 Å². The number of ether oxygens (including phenoxy) is 2. The Bertz CT molecular complexity index is 360. The van der Waals surface area contributed by atoms with Crippen molar-refractivity contribution in [1.29, 1.82) is 0 Å². The van der Waals surface area contributed by atoms with E-state index < -0.39 is 16.8 Å². The number of nitrogens with two attached hydrogens (primary N) is 1. The first kappa shape index (κ1) is 10.4. The molecule has 1 amide bonds. The molecule has 2 rings (SSSR count). The number of amides is 1. The quantitative estimate of drug-likeness (QED) is 0.637. The summed E-state index contributed by atoms with van der Waals surface area (Å²) < 4.78 is 11.2. The predicted molar refractivity (Wildman–Crippen MR) is 54.3 cm³/mol. The molecule has 2 N–H and O–H groups in total. The van der Waals surface area contributed by atoms with Crippen LogP contribution < -0.4 is 5.73 Å². The number of carbonyl (C=O) groups is 1. The number of amidine groups is 1. The Morgan fingerprint density at radius 2 is 1.93 bits per heavy atom. The number of carbonyl (C=O) groups excluding carboxylic acids is 1. The van der Waals surface area contributed by atoms with Gasteiger partial charge in [-0.1, -0.05) is 0 Å². The highest BCUT2D eigenvalue weighted by molar-refractivity contribution is 6.02. The lowest BCUT2D eigenvalue weighted by molar-refractivity contribution is -0.149. The fourth-order valence-electron chi connectivity index (χ4n) is 2.55. The van der Waals surface area contributed by atoms with Crippen molar-refractivity contribution in [3.05, 3.63) is 0 Å². The Morgan fingerprint density at radius 3 is 2.27 bits per heavy atom. The second-order valence-corrected chi connectivity index (χ2v) is 5.23. The van der Waals surface area contributed by atoms with Gasteiger partial charge in [0.15, 0.2) is 0 Å². The highest BCUT2D eigenvalue weighted by atomic mass is 16.6. The smallest absolute Gasteiger partial charge is 0.297 e. The van der Waals surface area contributed by atoms with E-state index in [-0.39, 0.29) is 11.9 Å². The van der Waals surface area contributed by atoms with Gasteiger partial charge in [0.2, 0.25) is 5.60 Å². The van der Waals surface area contributed by atoms with Crippen LogP contribution in [-0.2, 0) is 14.3 Å². The topological polar surface area (TPSA) is 73.9 Å². The lowest BCUT2D eigenvalue weighted by Gasteiger charge is -2.32. The Kier molecular flexibility index (Phi) is 1.75. The number of rotatable bonds is 0. The molecule has 0 aromatic carbocycles. The van der Waals surface area contributed by atoms with E-state index >= 15 is 0 Å². The molecule has 2 heterocycles. The fraction of sp³-hybridized carbons (Fsp3) is 0.800. The molecule has 0 aromatic heterocycles. The highest BCUT2D eigenvalue weighted by Crippen LogP contribution is 2.49. The average molecular weight is 212 g/mol. The van der Waals surface area contributed by atoms with Crippen LogP contribution in [0.1, 0.15) is 34.1 Å². The molecule has 0 bridgehead atoms. The zero-order chi connectivity index (χ0) is 11.5. The number of hydrogen-bond acceptors (Lipinski definition) is 4. The molecular weight excluding hydrogens is 196 g/mol. The summed E-state index contributed by atoms with van der Waals surface area (Å²) in [5.41, 5.74) is 3.29. The molecule has 0 saturated carbocycles. The third-order valence-electron chi connectivity index (χ3n) is 3.01. The van der Waals surface area contributed by atoms with Gasteiger partial charge in [0, 0.05) is 6.42 Å². The van der Waals surface area contributed by atoms with Gasteiger partial charge in [-0.25, -0.2) is 0 Å². The van der Waals surface area contributed by atoms with Crippen LogP contribution in [0.2, 0.25) is 0 Å². The molecule has 5 nitrogen and oxygen atoms in total. The molecule has 1 spiro atoms. The van der Waals surface area contributed by atoms with E-state index in [1.165, 1.54) is 0 Å². The van der Waals surface area contributed by atoms with Gasteiger partial charge in [0.25, 0.3) is 11.9 Å². The van der Waals surface area contributed by atoms with E-state index in [1.807, 2.05) is 27.7 Å². The summed E-state index contributed by atoms with van der Waals surface area (Å²) in [5, 5.41) is 0. The van der Waals surface area contributed by atoms with Gasteiger partial charge < -0.3 is 15.2 Å². The number of nitrogens with zero attached hydrogens (tertiary/aromatic N) is 1. The standard InChI is InChI=1S/C10H16N2O3/c1-8(2)5-10(9(3,4)15-8)6(13)12-7(11)14-10/h5H2,1-4H3,(H2,11,12,13). The van der Waals surface area contributed by atoms with Crippen molar-refractivity contribution >= 4 is 11.9 Å². The summed E-state index contributed by atoms with van der Waals surface area (Å²) in [6.45, 7) is 7.50. The molecule has 1 atom stereocenters. The van der Waals surface area contributed by atoms with Crippen molar-refractivity contribution in [3.63, 3.8) is 0 Å². The summed E-state index contributed by atoms with van der Waals surface area (Å²) in [5.74, 6) is -0.337. The molecular formula is C10H16N2O3. The maximum absolute atomic E-state index is 11.8. The van der Waals surface area contributed by atoms with Crippen LogP contribution in [0, 0.1) is 0 Å². The van der Waals surface area contributed by atoms with E-state index in [9.17, 15) is 4.79 Å². The van der Waals surface area contributed by atoms with E-state index in [0.29, 0.717) is 6.42 Å². The summed E-state index contributed by atoms with van der Waals surface area (Å²) >= 11 is 0. The monoisotopic (exact) mass is 212 g/mol. The number of hydrogen-bond donors (Lipinski definition) is 1. The summed E-state index contributed by atoms with van der Waals surface area (Å²) in [4.78, 5) is 15.5. The van der Waals surface area contributed by atoms with Gasteiger partial charge in [0.05, 0.1) is 5.60 Å². The van der Waals surface area contributed by atoms with E-state index in [0.717, 1.165) is 0 Å². The van der Waals surface area contributed by atoms with Crippen molar-refractivity contribution in [3.8, 4) is 0 Å². The van der Waals surface area contributed by atoms with Gasteiger partial charge >= 0.3 is 0 Å². The maximum Gasteiger partial charge on any atom is 0.297 e. The van der Waals surface area contributed by atoms with Crippen LogP contribution in [0.3, 0.4) is 0 Å². The molecule has 0 aromatic rings. The maximum atomic E-state index is 11.8. The van der Waals surface area contributed by atoms with Gasteiger partial charge in [-0.3, -0.25) is 4.79 Å². The summed E-state index contributed by atoms with van der Waals surface area (Å²) in [6.07, 6.45) is 0.468. The fourth-order valence-corrected chi connectivity index (χ4v) is 2.55. The number of aliphatic imine (C=N–C) groups is 1. The minimum atomic E-state index is -1.04. The lowest BCUT2D eigenvalue weighted by Crippen LogP contribution is -2.52. The van der Waals surface area contributed by atoms with Crippen LogP contribution in [0.15, 0.2) is 4.99 Å². The van der Waals surface area contributed by atoms with Crippen LogP contribution >= 0.6 is 0 Å². The van der Waals surface area contributed by atoms with E-state index in [2.05, 4.69) is 4.99 Å². The molecule has 1 unspecified atom stereocenters. The van der Waals surface area contributed by atoms with Crippen LogP contribution in [0.25, 0.3) is 0 Å². The molecule has 0 aliphatic carbocycles. The normalized spacial score (nSPS) is 36.8. The van der Waals surface area contributed by atoms with Gasteiger partial charge in [-0.15, -0.1) is 0 Å². The molecule has 0 radical (unpaired) electrons. The first-order valence-electron chi connectivity index (χ1n) is 4.96. The third-order valence-corrected chi connectivity index (χ3v) is 3.01. The Morgan fingerprint density at radius 1 is 1.33 bits per heavy atom. The van der Waals surface area contributed by atoms with Crippen LogP contribution in [0.4, 0.5) is 0 Å². The molecule has 2 aliphatic rings. The third kappa shape index (κ3) is 1.26. The molecule has 84 valence electrons. The van der Waals surface area contributed by atoms with Crippen LogP contribution in [0.5, 0.6) is 0 Å². The van der Waals surface area contributed by atoms with Crippen LogP contribution in [-0.4, -0.2) is 28.7 Å². The Labute approximate surface area is 88.6 Å². The molecule has 2 aliphatic heterocycles. The average Bonchev–Trinajstić information content (AvgIpc) is 2.31. The summed E-state index contributed by atoms with van der Waals surface area (Å²) in [6, 6.07) is -0.0608. The van der Waals surface area contributed by atoms with Crippen molar-refractivity contribution in [2.24, 2.45) is 10.7 Å². The first-order valence-corrected chi connectivity index (χ1v) is 4.96. The van der Waals surface area contributed by atoms with Gasteiger partial charge in [-0.2, -0.15) is 4.99 Å². The largest absolute Gasteiger partial charge is 0.445 e. The van der Waals surface area contributed by atoms with Crippen molar-refractivity contribution in [2.45, 2.75) is 50.9 Å². The highest BCUT2D eigenvalue weighted by Gasteiger charge is 2.66. The second-order valence-electron chi connectivity index (χ2n) is 5.23. The minimum Gasteiger partial charge on any atom is -0.445 e. The van der Waals surface area contributed by atoms with Gasteiger partial charge in [0.1, 0.15) is 5.60 Å². The van der Waals surface area contributed by atoms with Gasteiger partial charge in [-0.05, 0) is 27.7 Å². The van der Waals surface area contributed by atoms with E-state index in [4.69, 9.17) is 15.2 Å². The minimum absolute atomic E-state index is 0.0608. The zero-order valence-corrected chi connectivity index (χ0v) is 9.46. The molecule has 5 heteroatoms. The molecule has 1 fully saturated rings. The Hall–Kier alpha value is -1.10. The SMILES string of the molecule is CC1(C)CC2(OC(N)=NC2=O)C(C)(C)O1. The lowest BCUT2D eigenvalue weighted by atomic mass is 9.82. The van der Waals surface area contributed by atoms with Crippen molar-refractivity contribution < 1.29 is 14.3 Å². The van der Waals surface area contributed by atoms with Crippen molar-refractivity contribution in [1.82, 2.24) is 0 Å². The predicted octanol–water partition coefficient (Wildman–Crippen LogP) is 0.574. The Balaban J connectivity index is 2.42. The first-order chi connectivity index (χ1) is 6.69. The molecule has 15 heavy (non-hydrogen) atoms. The zero-order valence-electron chi connectivity index (χ0n) is 9.46. The second kappa shape index (κ2) is 2.52.